The van der Waals surface area contributed by atoms with E-state index in [0.717, 1.165) is 33.3 Å². The van der Waals surface area contributed by atoms with Gasteiger partial charge in [0.15, 0.2) is 4.32 Å². The number of aryl methyl sites for hydroxylation is 1. The number of hydrogen-bond acceptors (Lipinski definition) is 5. The molecule has 1 amide bonds. The summed E-state index contributed by atoms with van der Waals surface area (Å²) in [7, 11) is 0. The maximum atomic E-state index is 13.3. The first-order valence-electron chi connectivity index (χ1n) is 10.6. The number of non-ortho nitro benzene ring substituents is 1. The van der Waals surface area contributed by atoms with Gasteiger partial charge in [0.2, 0.25) is 0 Å². The molecule has 6 nitrogen and oxygen atoms in total. The maximum absolute atomic E-state index is 13.3. The van der Waals surface area contributed by atoms with Gasteiger partial charge in [0.25, 0.3) is 11.6 Å². The van der Waals surface area contributed by atoms with Crippen molar-refractivity contribution in [1.82, 2.24) is 4.57 Å². The van der Waals surface area contributed by atoms with Gasteiger partial charge in [0.05, 0.1) is 15.5 Å². The number of nitro benzene ring substituents is 1. The summed E-state index contributed by atoms with van der Waals surface area (Å²) in [6.45, 7) is 2.51. The molecule has 0 radical (unpaired) electrons. The Labute approximate surface area is 205 Å². The van der Waals surface area contributed by atoms with E-state index < -0.39 is 4.92 Å². The van der Waals surface area contributed by atoms with E-state index in [0.29, 0.717) is 15.8 Å². The Bertz CT molecular complexity index is 1490. The number of carbonyl (C=O) groups excluding carboxylic acids is 1. The SMILES string of the molecule is Cc1ccccc1N1C(=O)/C(=C/c2cn(Cc3ccc([N+](=O)[O-])cc3)c3ccccc23)SC1=S. The lowest BCUT2D eigenvalue weighted by Crippen LogP contribution is -2.28. The normalized spacial score (nSPS) is 15.0. The standard InChI is InChI=1S/C26H19N3O3S2/c1-17-6-2-4-8-22(17)28-25(30)24(34-26(28)33)14-19-16-27(23-9-5-3-7-21(19)23)15-18-10-12-20(13-11-18)29(31)32/h2-14,16H,15H2,1H3/b24-14-. The molecule has 1 saturated heterocycles. The van der Waals surface area contributed by atoms with E-state index in [1.54, 1.807) is 17.0 Å². The molecular weight excluding hydrogens is 466 g/mol. The first-order chi connectivity index (χ1) is 16.4. The molecule has 4 aromatic rings. The Hall–Kier alpha value is -3.75. The molecular formula is C26H19N3O3S2. The predicted molar refractivity (Wildman–Crippen MR) is 141 cm³/mol. The number of para-hydroxylation sites is 2. The lowest BCUT2D eigenvalue weighted by atomic mass is 10.1. The number of nitrogens with zero attached hydrogens (tertiary/aromatic N) is 3. The zero-order chi connectivity index (χ0) is 23.8. The monoisotopic (exact) mass is 485 g/mol. The lowest BCUT2D eigenvalue weighted by molar-refractivity contribution is -0.384. The van der Waals surface area contributed by atoms with Crippen LogP contribution in [0.5, 0.6) is 0 Å². The molecule has 0 unspecified atom stereocenters. The molecule has 0 atom stereocenters. The van der Waals surface area contributed by atoms with Crippen LogP contribution in [-0.4, -0.2) is 19.7 Å². The van der Waals surface area contributed by atoms with Gasteiger partial charge in [0.1, 0.15) is 0 Å². The van der Waals surface area contributed by atoms with Gasteiger partial charge in [-0.1, -0.05) is 72.5 Å². The smallest absolute Gasteiger partial charge is 0.270 e. The van der Waals surface area contributed by atoms with Gasteiger partial charge in [-0.05, 0) is 36.3 Å². The van der Waals surface area contributed by atoms with Crippen molar-refractivity contribution in [3.63, 3.8) is 0 Å². The summed E-state index contributed by atoms with van der Waals surface area (Å²) in [5.41, 5.74) is 4.74. The van der Waals surface area contributed by atoms with Crippen molar-refractivity contribution in [3.8, 4) is 0 Å². The average Bonchev–Trinajstić information content (AvgIpc) is 3.31. The highest BCUT2D eigenvalue weighted by atomic mass is 32.2. The molecule has 1 fully saturated rings. The minimum Gasteiger partial charge on any atom is -0.342 e. The highest BCUT2D eigenvalue weighted by Crippen LogP contribution is 2.38. The van der Waals surface area contributed by atoms with Crippen LogP contribution >= 0.6 is 24.0 Å². The number of hydrogen-bond donors (Lipinski definition) is 0. The summed E-state index contributed by atoms with van der Waals surface area (Å²) in [6, 6.07) is 22.2. The van der Waals surface area contributed by atoms with Crippen LogP contribution in [0.4, 0.5) is 11.4 Å². The lowest BCUT2D eigenvalue weighted by Gasteiger charge is -2.16. The van der Waals surface area contributed by atoms with E-state index in [1.165, 1.54) is 23.9 Å². The van der Waals surface area contributed by atoms with E-state index in [2.05, 4.69) is 4.57 Å². The van der Waals surface area contributed by atoms with Crippen LogP contribution in [0.15, 0.2) is 83.9 Å². The second-order valence-corrected chi connectivity index (χ2v) is 9.63. The topological polar surface area (TPSA) is 68.4 Å². The summed E-state index contributed by atoms with van der Waals surface area (Å²) in [5, 5.41) is 12.0. The second-order valence-electron chi connectivity index (χ2n) is 7.96. The number of fused-ring (bicyclic) bond motifs is 1. The van der Waals surface area contributed by atoms with Crippen molar-refractivity contribution in [2.75, 3.05) is 4.90 Å². The van der Waals surface area contributed by atoms with Crippen molar-refractivity contribution in [1.29, 1.82) is 0 Å². The third-order valence-corrected chi connectivity index (χ3v) is 7.06. The Kier molecular flexibility index (Phi) is 5.77. The molecule has 3 aromatic carbocycles. The van der Waals surface area contributed by atoms with Crippen molar-refractivity contribution >= 4 is 62.6 Å². The number of amides is 1. The van der Waals surface area contributed by atoms with Gasteiger partial charge < -0.3 is 4.57 Å². The maximum Gasteiger partial charge on any atom is 0.270 e. The van der Waals surface area contributed by atoms with E-state index in [9.17, 15) is 14.9 Å². The highest BCUT2D eigenvalue weighted by Gasteiger charge is 2.34. The summed E-state index contributed by atoms with van der Waals surface area (Å²) in [4.78, 5) is 26.0. The predicted octanol–water partition coefficient (Wildman–Crippen LogP) is 6.31. The first kappa shape index (κ1) is 22.1. The van der Waals surface area contributed by atoms with E-state index in [-0.39, 0.29) is 11.6 Å². The largest absolute Gasteiger partial charge is 0.342 e. The molecule has 0 saturated carbocycles. The molecule has 1 aliphatic rings. The highest BCUT2D eigenvalue weighted by molar-refractivity contribution is 8.27. The van der Waals surface area contributed by atoms with Gasteiger partial charge in [0, 0.05) is 41.3 Å². The van der Waals surface area contributed by atoms with Crippen molar-refractivity contribution < 1.29 is 9.72 Å². The fourth-order valence-electron chi connectivity index (χ4n) is 4.07. The van der Waals surface area contributed by atoms with Crippen LogP contribution in [0.1, 0.15) is 16.7 Å². The molecule has 0 N–H and O–H groups in total. The zero-order valence-corrected chi connectivity index (χ0v) is 19.8. The average molecular weight is 486 g/mol. The number of benzene rings is 3. The van der Waals surface area contributed by atoms with Gasteiger partial charge in [-0.3, -0.25) is 19.8 Å². The molecule has 0 spiro atoms. The van der Waals surface area contributed by atoms with Crippen LogP contribution in [-0.2, 0) is 11.3 Å². The van der Waals surface area contributed by atoms with Crippen LogP contribution in [0.3, 0.4) is 0 Å². The molecule has 1 aliphatic heterocycles. The molecule has 0 aliphatic carbocycles. The van der Waals surface area contributed by atoms with Crippen molar-refractivity contribution in [3.05, 3.63) is 111 Å². The molecule has 5 rings (SSSR count). The van der Waals surface area contributed by atoms with Gasteiger partial charge in [-0.25, -0.2) is 0 Å². The number of rotatable bonds is 5. The molecule has 1 aromatic heterocycles. The molecule has 168 valence electrons. The summed E-state index contributed by atoms with van der Waals surface area (Å²) in [6.07, 6.45) is 3.90. The molecule has 34 heavy (non-hydrogen) atoms. The van der Waals surface area contributed by atoms with Gasteiger partial charge >= 0.3 is 0 Å². The Morgan fingerprint density at radius 1 is 1.03 bits per heavy atom. The fraction of sp³-hybridized carbons (Fsp3) is 0.0769. The quantitative estimate of drug-likeness (QED) is 0.143. The Morgan fingerprint density at radius 2 is 1.74 bits per heavy atom. The number of nitro groups is 1. The van der Waals surface area contributed by atoms with Gasteiger partial charge in [-0.15, -0.1) is 0 Å². The minimum atomic E-state index is -0.403. The third kappa shape index (κ3) is 4.02. The zero-order valence-electron chi connectivity index (χ0n) is 18.2. The molecule has 2 heterocycles. The van der Waals surface area contributed by atoms with Crippen molar-refractivity contribution in [2.24, 2.45) is 0 Å². The summed E-state index contributed by atoms with van der Waals surface area (Å²) < 4.78 is 2.60. The summed E-state index contributed by atoms with van der Waals surface area (Å²) in [5.74, 6) is -0.128. The van der Waals surface area contributed by atoms with E-state index >= 15 is 0 Å². The van der Waals surface area contributed by atoms with Crippen LogP contribution < -0.4 is 4.90 Å². The number of thioether (sulfide) groups is 1. The number of anilines is 1. The fourth-order valence-corrected chi connectivity index (χ4v) is 5.35. The Balaban J connectivity index is 1.50. The van der Waals surface area contributed by atoms with Crippen LogP contribution in [0.25, 0.3) is 17.0 Å². The first-order valence-corrected chi connectivity index (χ1v) is 11.8. The number of thiocarbonyl (C=S) groups is 1. The Morgan fingerprint density at radius 3 is 2.47 bits per heavy atom. The van der Waals surface area contributed by atoms with Crippen molar-refractivity contribution in [2.45, 2.75) is 13.5 Å². The second kappa shape index (κ2) is 8.89. The minimum absolute atomic E-state index is 0.0671. The van der Waals surface area contributed by atoms with Gasteiger partial charge in [-0.2, -0.15) is 0 Å². The molecule has 8 heteroatoms. The van der Waals surface area contributed by atoms with Crippen LogP contribution in [0, 0.1) is 17.0 Å². The number of aromatic nitrogens is 1. The molecule has 0 bridgehead atoms. The summed E-state index contributed by atoms with van der Waals surface area (Å²) >= 11 is 6.85. The number of carbonyl (C=O) groups is 1. The third-order valence-electron chi connectivity index (χ3n) is 5.76. The van der Waals surface area contributed by atoms with E-state index in [1.807, 2.05) is 67.7 Å². The van der Waals surface area contributed by atoms with E-state index in [4.69, 9.17) is 12.2 Å². The van der Waals surface area contributed by atoms with Crippen LogP contribution in [0.2, 0.25) is 0 Å².